The van der Waals surface area contributed by atoms with Crippen LogP contribution in [0.4, 0.5) is 0 Å². The second kappa shape index (κ2) is 9.77. The molecule has 1 unspecified atom stereocenters. The monoisotopic (exact) mass is 458 g/mol. The van der Waals surface area contributed by atoms with Gasteiger partial charge in [-0.1, -0.05) is 12.1 Å². The Kier molecular flexibility index (Phi) is 8.69. The molecule has 3 rings (SSSR count). The van der Waals surface area contributed by atoms with Crippen molar-refractivity contribution in [3.8, 4) is 5.75 Å². The van der Waals surface area contributed by atoms with Crippen molar-refractivity contribution < 1.29 is 83.9 Å². The van der Waals surface area contributed by atoms with E-state index in [9.17, 15) is 4.79 Å². The Labute approximate surface area is 206 Å². The third kappa shape index (κ3) is 4.68. The molecule has 1 aliphatic rings. The minimum absolute atomic E-state index is 0. The maximum atomic E-state index is 10.7. The second-order valence-electron chi connectivity index (χ2n) is 5.43. The van der Waals surface area contributed by atoms with Gasteiger partial charge in [0.15, 0.2) is 5.84 Å². The first-order valence-electron chi connectivity index (χ1n) is 7.31. The molecule has 1 heterocycles. The first-order chi connectivity index (χ1) is 11.1. The summed E-state index contributed by atoms with van der Waals surface area (Å²) in [5, 5.41) is 6.57. The minimum atomic E-state index is 0. The van der Waals surface area contributed by atoms with E-state index in [1.54, 1.807) is 19.2 Å². The summed E-state index contributed by atoms with van der Waals surface area (Å²) in [6.07, 6.45) is 1.91. The molecule has 0 amide bonds. The number of carbonyl (C=O) groups excluding carboxylic acids is 1. The predicted molar refractivity (Wildman–Crippen MR) is 91.0 cm³/mol. The van der Waals surface area contributed by atoms with Gasteiger partial charge in [-0.15, -0.1) is 12.1 Å². The molecule has 2 aromatic carbocycles. The number of ether oxygens (including phenoxy) is 1. The van der Waals surface area contributed by atoms with Crippen LogP contribution in [0.25, 0.3) is 0 Å². The SMILES string of the molecule is COc1ccc(C2N(C)N=C(c3ccc([C-]=O)cc3)N2C)cc1.[Cs+].[OH-]. The predicted octanol–water partition coefficient (Wildman–Crippen LogP) is -0.782. The van der Waals surface area contributed by atoms with E-state index in [0.29, 0.717) is 5.56 Å². The van der Waals surface area contributed by atoms with Gasteiger partial charge in [-0.05, 0) is 23.3 Å². The standard InChI is InChI=1S/C18H18N3O2.Cs.H2O/c1-20-17(14-6-4-13(12-22)5-7-14)19-21(2)18(20)15-8-10-16(23-3)11-9-15;;/h4-11,18H,1-3H3;;1H2/q-1;+1;/p-1. The van der Waals surface area contributed by atoms with Crippen LogP contribution in [-0.2, 0) is 4.79 Å². The maximum Gasteiger partial charge on any atom is 1.00 e. The van der Waals surface area contributed by atoms with Crippen LogP contribution in [-0.4, -0.2) is 48.7 Å². The van der Waals surface area contributed by atoms with Gasteiger partial charge < -0.3 is 19.9 Å². The third-order valence-electron chi connectivity index (χ3n) is 3.98. The van der Waals surface area contributed by atoms with Crippen LogP contribution in [0, 0.1) is 0 Å². The second-order valence-corrected chi connectivity index (χ2v) is 5.43. The van der Waals surface area contributed by atoms with Gasteiger partial charge >= 0.3 is 68.9 Å². The molecule has 6 nitrogen and oxygen atoms in total. The van der Waals surface area contributed by atoms with Gasteiger partial charge in [0.2, 0.25) is 0 Å². The zero-order chi connectivity index (χ0) is 16.4. The summed E-state index contributed by atoms with van der Waals surface area (Å²) in [4.78, 5) is 12.8. The molecule has 126 valence electrons. The molecule has 0 aromatic heterocycles. The van der Waals surface area contributed by atoms with Crippen molar-refractivity contribution in [3.05, 3.63) is 65.2 Å². The van der Waals surface area contributed by atoms with E-state index >= 15 is 0 Å². The normalized spacial score (nSPS) is 15.8. The third-order valence-corrected chi connectivity index (χ3v) is 3.98. The Bertz CT molecular complexity index is 732. The largest absolute Gasteiger partial charge is 1.00 e. The minimum Gasteiger partial charge on any atom is -0.870 e. The topological polar surface area (TPSA) is 75.1 Å². The van der Waals surface area contributed by atoms with Crippen molar-refractivity contribution in [2.75, 3.05) is 21.2 Å². The van der Waals surface area contributed by atoms with Crippen molar-refractivity contribution in [1.82, 2.24) is 9.91 Å². The van der Waals surface area contributed by atoms with E-state index in [-0.39, 0.29) is 80.5 Å². The van der Waals surface area contributed by atoms with Crippen molar-refractivity contribution in [1.29, 1.82) is 0 Å². The molecule has 0 saturated carbocycles. The number of nitrogens with zero attached hydrogens (tertiary/aromatic N) is 3. The van der Waals surface area contributed by atoms with Gasteiger partial charge in [-0.3, -0.25) is 5.01 Å². The van der Waals surface area contributed by atoms with Crippen molar-refractivity contribution >= 4 is 12.1 Å². The first kappa shape index (κ1) is 22.2. The molecular formula is C18H19CsN3O3-. The molecule has 0 radical (unpaired) electrons. The van der Waals surface area contributed by atoms with Gasteiger partial charge in [0.05, 0.1) is 13.4 Å². The Morgan fingerprint density at radius 3 is 2.16 bits per heavy atom. The summed E-state index contributed by atoms with van der Waals surface area (Å²) in [6, 6.07) is 15.3. The fourth-order valence-corrected chi connectivity index (χ4v) is 2.81. The summed E-state index contributed by atoms with van der Waals surface area (Å²) >= 11 is 0. The fourth-order valence-electron chi connectivity index (χ4n) is 2.81. The Morgan fingerprint density at radius 1 is 1.04 bits per heavy atom. The van der Waals surface area contributed by atoms with Crippen molar-refractivity contribution in [2.45, 2.75) is 6.17 Å². The molecule has 0 spiro atoms. The molecule has 1 N–H and O–H groups in total. The van der Waals surface area contributed by atoms with Gasteiger partial charge in [0.1, 0.15) is 11.9 Å². The average Bonchev–Trinajstić information content (AvgIpc) is 2.89. The van der Waals surface area contributed by atoms with Crippen LogP contribution in [0.15, 0.2) is 53.6 Å². The summed E-state index contributed by atoms with van der Waals surface area (Å²) in [7, 11) is 5.62. The molecule has 0 saturated heterocycles. The van der Waals surface area contributed by atoms with Crippen LogP contribution >= 0.6 is 0 Å². The van der Waals surface area contributed by atoms with Crippen molar-refractivity contribution in [2.24, 2.45) is 5.10 Å². The van der Waals surface area contributed by atoms with E-state index < -0.39 is 0 Å². The average molecular weight is 458 g/mol. The summed E-state index contributed by atoms with van der Waals surface area (Å²) < 4.78 is 5.21. The molecule has 2 aromatic rings. The van der Waals surface area contributed by atoms with E-state index in [2.05, 4.69) is 10.0 Å². The van der Waals surface area contributed by atoms with Crippen molar-refractivity contribution in [3.63, 3.8) is 0 Å². The summed E-state index contributed by atoms with van der Waals surface area (Å²) in [5.41, 5.74) is 2.64. The zero-order valence-corrected chi connectivity index (χ0v) is 21.1. The molecule has 0 aliphatic carbocycles. The van der Waals surface area contributed by atoms with Gasteiger partial charge in [0.25, 0.3) is 0 Å². The number of hydrazone groups is 1. The number of hydrogen-bond donors (Lipinski definition) is 0. The Balaban J connectivity index is 0.00000156. The smallest absolute Gasteiger partial charge is 0.870 e. The molecule has 1 aliphatic heterocycles. The number of methoxy groups -OCH3 is 1. The van der Waals surface area contributed by atoms with Gasteiger partial charge in [-0.25, -0.2) is 0 Å². The van der Waals surface area contributed by atoms with E-state index in [1.807, 2.05) is 61.8 Å². The number of rotatable bonds is 4. The van der Waals surface area contributed by atoms with Crippen LogP contribution in [0.2, 0.25) is 0 Å². The number of amidine groups is 1. The Hall–Kier alpha value is -0.808. The Morgan fingerprint density at radius 2 is 1.64 bits per heavy atom. The number of hydrogen-bond acceptors (Lipinski definition) is 6. The maximum absolute atomic E-state index is 10.7. The summed E-state index contributed by atoms with van der Waals surface area (Å²) in [6.45, 7) is 0. The van der Waals surface area contributed by atoms with Crippen LogP contribution < -0.4 is 73.6 Å². The summed E-state index contributed by atoms with van der Waals surface area (Å²) in [5.74, 6) is 1.70. The molecule has 0 fully saturated rings. The van der Waals surface area contributed by atoms with Gasteiger partial charge in [0, 0.05) is 14.1 Å². The van der Waals surface area contributed by atoms with E-state index in [1.165, 1.54) is 0 Å². The molecule has 0 bridgehead atoms. The number of benzene rings is 2. The van der Waals surface area contributed by atoms with E-state index in [0.717, 1.165) is 22.7 Å². The molecular weight excluding hydrogens is 439 g/mol. The molecule has 1 atom stereocenters. The zero-order valence-electron chi connectivity index (χ0n) is 14.8. The van der Waals surface area contributed by atoms with Crippen LogP contribution in [0.3, 0.4) is 0 Å². The molecule has 7 heteroatoms. The van der Waals surface area contributed by atoms with Gasteiger partial charge in [-0.2, -0.15) is 22.8 Å². The molecule has 25 heavy (non-hydrogen) atoms. The van der Waals surface area contributed by atoms with Crippen LogP contribution in [0.1, 0.15) is 22.9 Å². The quantitative estimate of drug-likeness (QED) is 0.563. The first-order valence-corrected chi connectivity index (χ1v) is 7.31. The van der Waals surface area contributed by atoms with E-state index in [4.69, 9.17) is 4.74 Å². The van der Waals surface area contributed by atoms with Crippen LogP contribution in [0.5, 0.6) is 5.75 Å². The fraction of sp³-hybridized carbons (Fsp3) is 0.222.